The second-order valence-corrected chi connectivity index (χ2v) is 4.29. The summed E-state index contributed by atoms with van der Waals surface area (Å²) < 4.78 is 1.98. The second kappa shape index (κ2) is 4.53. The van der Waals surface area contributed by atoms with Crippen molar-refractivity contribution in [2.45, 2.75) is 6.54 Å². The van der Waals surface area contributed by atoms with Crippen molar-refractivity contribution >= 4 is 16.7 Å². The van der Waals surface area contributed by atoms with E-state index >= 15 is 0 Å². The summed E-state index contributed by atoms with van der Waals surface area (Å²) in [6, 6.07) is 14.8. The first-order valence-electron chi connectivity index (χ1n) is 5.87. The van der Waals surface area contributed by atoms with Crippen LogP contribution in [-0.4, -0.2) is 14.5 Å². The molecule has 5 nitrogen and oxygen atoms in total. The molecule has 0 radical (unpaired) electrons. The number of nitro groups is 1. The van der Waals surface area contributed by atoms with Gasteiger partial charge in [-0.3, -0.25) is 10.1 Å². The van der Waals surface area contributed by atoms with Crippen molar-refractivity contribution in [3.8, 4) is 0 Å². The van der Waals surface area contributed by atoms with Crippen LogP contribution in [0.4, 0.5) is 5.69 Å². The Morgan fingerprint density at radius 2 is 1.95 bits per heavy atom. The second-order valence-electron chi connectivity index (χ2n) is 4.29. The maximum atomic E-state index is 10.7. The Hall–Kier alpha value is -2.69. The Morgan fingerprint density at radius 1 is 1.16 bits per heavy atom. The lowest BCUT2D eigenvalue weighted by molar-refractivity contribution is -0.384. The minimum Gasteiger partial charge on any atom is -0.326 e. The number of rotatable bonds is 3. The van der Waals surface area contributed by atoms with Crippen LogP contribution >= 0.6 is 0 Å². The first-order chi connectivity index (χ1) is 9.24. The lowest BCUT2D eigenvalue weighted by Crippen LogP contribution is -1.97. The fourth-order valence-corrected chi connectivity index (χ4v) is 2.07. The number of hydrogen-bond donors (Lipinski definition) is 0. The van der Waals surface area contributed by atoms with Crippen molar-refractivity contribution in [1.82, 2.24) is 9.55 Å². The van der Waals surface area contributed by atoms with Crippen molar-refractivity contribution in [2.24, 2.45) is 0 Å². The third-order valence-corrected chi connectivity index (χ3v) is 3.01. The average Bonchev–Trinajstić information content (AvgIpc) is 2.82. The van der Waals surface area contributed by atoms with Crippen LogP contribution in [0, 0.1) is 10.1 Å². The topological polar surface area (TPSA) is 61.0 Å². The smallest absolute Gasteiger partial charge is 0.271 e. The summed E-state index contributed by atoms with van der Waals surface area (Å²) in [4.78, 5) is 14.5. The van der Waals surface area contributed by atoms with Gasteiger partial charge in [-0.2, -0.15) is 0 Å². The van der Waals surface area contributed by atoms with Crippen molar-refractivity contribution in [3.05, 3.63) is 70.5 Å². The standard InChI is InChI=1S/C14H11N3O2/c18-17(19)12-6-7-14-13(8-12)15-10-16(14)9-11-4-2-1-3-5-11/h1-8,10H,9H2. The highest BCUT2D eigenvalue weighted by molar-refractivity contribution is 5.78. The Kier molecular flexibility index (Phi) is 2.72. The molecule has 0 aliphatic carbocycles. The minimum atomic E-state index is -0.407. The van der Waals surface area contributed by atoms with Crippen molar-refractivity contribution in [3.63, 3.8) is 0 Å². The molecule has 1 heterocycles. The fourth-order valence-electron chi connectivity index (χ4n) is 2.07. The molecule has 0 saturated carbocycles. The van der Waals surface area contributed by atoms with Gasteiger partial charge in [-0.15, -0.1) is 0 Å². The molecule has 0 atom stereocenters. The molecule has 0 aliphatic heterocycles. The number of nitro benzene ring substituents is 1. The normalized spacial score (nSPS) is 10.7. The first kappa shape index (κ1) is 11.4. The third kappa shape index (κ3) is 2.18. The van der Waals surface area contributed by atoms with E-state index in [9.17, 15) is 10.1 Å². The van der Waals surface area contributed by atoms with Gasteiger partial charge in [-0.1, -0.05) is 30.3 Å². The van der Waals surface area contributed by atoms with E-state index in [1.54, 1.807) is 12.4 Å². The van der Waals surface area contributed by atoms with Gasteiger partial charge in [0.05, 0.1) is 22.3 Å². The van der Waals surface area contributed by atoms with Crippen molar-refractivity contribution in [1.29, 1.82) is 0 Å². The molecule has 1 aromatic heterocycles. The molecule has 94 valence electrons. The van der Waals surface area contributed by atoms with E-state index < -0.39 is 4.92 Å². The van der Waals surface area contributed by atoms with Gasteiger partial charge in [-0.25, -0.2) is 4.98 Å². The molecule has 19 heavy (non-hydrogen) atoms. The summed E-state index contributed by atoms with van der Waals surface area (Å²) in [5.41, 5.74) is 2.78. The number of nitrogens with zero attached hydrogens (tertiary/aromatic N) is 3. The summed E-state index contributed by atoms with van der Waals surface area (Å²) in [6.07, 6.45) is 1.71. The number of non-ortho nitro benzene ring substituents is 1. The summed E-state index contributed by atoms with van der Waals surface area (Å²) in [5, 5.41) is 10.7. The Morgan fingerprint density at radius 3 is 2.68 bits per heavy atom. The van der Waals surface area contributed by atoms with Gasteiger partial charge in [0.1, 0.15) is 0 Å². The van der Waals surface area contributed by atoms with Crippen molar-refractivity contribution in [2.75, 3.05) is 0 Å². The molecule has 0 spiro atoms. The lowest BCUT2D eigenvalue weighted by atomic mass is 10.2. The van der Waals surface area contributed by atoms with Crippen LogP contribution in [0.1, 0.15) is 5.56 Å². The average molecular weight is 253 g/mol. The largest absolute Gasteiger partial charge is 0.326 e. The third-order valence-electron chi connectivity index (χ3n) is 3.01. The van der Waals surface area contributed by atoms with E-state index in [-0.39, 0.29) is 5.69 Å². The zero-order valence-electron chi connectivity index (χ0n) is 10.1. The summed E-state index contributed by atoms with van der Waals surface area (Å²) in [6.45, 7) is 0.704. The van der Waals surface area contributed by atoms with Gasteiger partial charge in [0.25, 0.3) is 5.69 Å². The number of imidazole rings is 1. The Labute approximate surface area is 109 Å². The van der Waals surface area contributed by atoms with E-state index in [0.717, 1.165) is 5.52 Å². The highest BCUT2D eigenvalue weighted by Gasteiger charge is 2.09. The van der Waals surface area contributed by atoms with Gasteiger partial charge < -0.3 is 4.57 Å². The van der Waals surface area contributed by atoms with Crippen molar-refractivity contribution < 1.29 is 4.92 Å². The molecule has 0 N–H and O–H groups in total. The highest BCUT2D eigenvalue weighted by Crippen LogP contribution is 2.20. The molecule has 3 aromatic rings. The van der Waals surface area contributed by atoms with Crippen LogP contribution in [0.2, 0.25) is 0 Å². The summed E-state index contributed by atoms with van der Waals surface area (Å²) in [5.74, 6) is 0. The van der Waals surface area contributed by atoms with Crippen LogP contribution in [0.25, 0.3) is 11.0 Å². The molecule has 0 fully saturated rings. The van der Waals surface area contributed by atoms with Gasteiger partial charge >= 0.3 is 0 Å². The molecule has 3 rings (SSSR count). The number of aromatic nitrogens is 2. The highest BCUT2D eigenvalue weighted by atomic mass is 16.6. The van der Waals surface area contributed by atoms with E-state index in [4.69, 9.17) is 0 Å². The molecule has 5 heteroatoms. The number of hydrogen-bond acceptors (Lipinski definition) is 3. The van der Waals surface area contributed by atoms with Gasteiger partial charge in [-0.05, 0) is 11.6 Å². The van der Waals surface area contributed by atoms with Gasteiger partial charge in [0.2, 0.25) is 0 Å². The fraction of sp³-hybridized carbons (Fsp3) is 0.0714. The summed E-state index contributed by atoms with van der Waals surface area (Å²) >= 11 is 0. The monoisotopic (exact) mass is 253 g/mol. The van der Waals surface area contributed by atoms with E-state index in [1.807, 2.05) is 34.9 Å². The molecule has 0 aliphatic rings. The van der Waals surface area contributed by atoms with Crippen LogP contribution in [0.3, 0.4) is 0 Å². The molecule has 0 saturated heterocycles. The maximum Gasteiger partial charge on any atom is 0.271 e. The molecule has 2 aromatic carbocycles. The maximum absolute atomic E-state index is 10.7. The van der Waals surface area contributed by atoms with E-state index in [2.05, 4.69) is 4.98 Å². The molecular formula is C14H11N3O2. The minimum absolute atomic E-state index is 0.0671. The summed E-state index contributed by atoms with van der Waals surface area (Å²) in [7, 11) is 0. The molecule has 0 amide bonds. The number of benzene rings is 2. The first-order valence-corrected chi connectivity index (χ1v) is 5.87. The van der Waals surface area contributed by atoms with Crippen LogP contribution in [0.5, 0.6) is 0 Å². The van der Waals surface area contributed by atoms with Crippen LogP contribution in [0.15, 0.2) is 54.9 Å². The predicted octanol–water partition coefficient (Wildman–Crippen LogP) is 2.99. The van der Waals surface area contributed by atoms with Crippen LogP contribution in [-0.2, 0) is 6.54 Å². The number of fused-ring (bicyclic) bond motifs is 1. The SMILES string of the molecule is O=[N+]([O-])c1ccc2c(c1)ncn2Cc1ccccc1. The Bertz CT molecular complexity index is 735. The van der Waals surface area contributed by atoms with Gasteiger partial charge in [0.15, 0.2) is 0 Å². The van der Waals surface area contributed by atoms with E-state index in [1.165, 1.54) is 17.7 Å². The van der Waals surface area contributed by atoms with E-state index in [0.29, 0.717) is 12.1 Å². The zero-order valence-corrected chi connectivity index (χ0v) is 10.1. The quantitative estimate of drug-likeness (QED) is 0.532. The Balaban J connectivity index is 1.99. The molecule has 0 bridgehead atoms. The van der Waals surface area contributed by atoms with Gasteiger partial charge in [0, 0.05) is 18.7 Å². The molecular weight excluding hydrogens is 242 g/mol. The zero-order chi connectivity index (χ0) is 13.2. The van der Waals surface area contributed by atoms with Crippen LogP contribution < -0.4 is 0 Å². The molecule has 0 unspecified atom stereocenters. The predicted molar refractivity (Wildman–Crippen MR) is 71.9 cm³/mol. The lowest BCUT2D eigenvalue weighted by Gasteiger charge is -2.04.